The van der Waals surface area contributed by atoms with Gasteiger partial charge in [-0.15, -0.1) is 0 Å². The van der Waals surface area contributed by atoms with Crippen LogP contribution >= 0.6 is 0 Å². The monoisotopic (exact) mass is 261 g/mol. The summed E-state index contributed by atoms with van der Waals surface area (Å²) in [6, 6.07) is 2.06. The van der Waals surface area contributed by atoms with Crippen LogP contribution in [0.1, 0.15) is 25.0 Å². The largest absolute Gasteiger partial charge is 0.396 e. The van der Waals surface area contributed by atoms with Crippen LogP contribution in [0.3, 0.4) is 0 Å². The maximum atomic E-state index is 9.10. The Labute approximate surface area is 112 Å². The number of aryl methyl sites for hydroxylation is 1. The van der Waals surface area contributed by atoms with Gasteiger partial charge < -0.3 is 10.0 Å². The summed E-state index contributed by atoms with van der Waals surface area (Å²) in [6.45, 7) is 4.25. The zero-order valence-electron chi connectivity index (χ0n) is 11.2. The smallest absolute Gasteiger partial charge is 0.254 e. The van der Waals surface area contributed by atoms with Gasteiger partial charge in [0.25, 0.3) is 5.78 Å². The molecule has 2 aromatic heterocycles. The standard InChI is InChI=1S/C13H19N5O/c1-10-7-12(18-13(16-10)14-9-15-18)17-5-2-3-11(8-17)4-6-19/h7,9,11,19H,2-6,8H2,1H3. The number of rotatable bonds is 3. The molecule has 0 saturated carbocycles. The minimum atomic E-state index is 0.270. The Morgan fingerprint density at radius 3 is 3.21 bits per heavy atom. The molecule has 1 N–H and O–H groups in total. The van der Waals surface area contributed by atoms with Crippen molar-refractivity contribution in [2.45, 2.75) is 26.2 Å². The van der Waals surface area contributed by atoms with Gasteiger partial charge in [-0.05, 0) is 32.1 Å². The molecule has 0 spiro atoms. The fourth-order valence-corrected chi connectivity index (χ4v) is 2.83. The summed E-state index contributed by atoms with van der Waals surface area (Å²) in [5.41, 5.74) is 0.958. The van der Waals surface area contributed by atoms with E-state index in [2.05, 4.69) is 26.0 Å². The Morgan fingerprint density at radius 2 is 2.37 bits per heavy atom. The summed E-state index contributed by atoms with van der Waals surface area (Å²) in [4.78, 5) is 10.9. The lowest BCUT2D eigenvalue weighted by atomic mass is 9.95. The average Bonchev–Trinajstić information content (AvgIpc) is 2.86. The highest BCUT2D eigenvalue weighted by Crippen LogP contribution is 2.25. The van der Waals surface area contributed by atoms with E-state index in [0.29, 0.717) is 11.7 Å². The second-order valence-electron chi connectivity index (χ2n) is 5.19. The average molecular weight is 261 g/mol. The minimum absolute atomic E-state index is 0.270. The molecule has 3 rings (SSSR count). The van der Waals surface area contributed by atoms with Crippen molar-refractivity contribution >= 4 is 11.6 Å². The van der Waals surface area contributed by atoms with E-state index in [4.69, 9.17) is 5.11 Å². The number of aliphatic hydroxyl groups is 1. The predicted octanol–water partition coefficient (Wildman–Crippen LogP) is 1.03. The summed E-state index contributed by atoms with van der Waals surface area (Å²) in [5.74, 6) is 2.27. The van der Waals surface area contributed by atoms with E-state index in [1.165, 1.54) is 6.42 Å². The first-order valence-electron chi connectivity index (χ1n) is 6.81. The van der Waals surface area contributed by atoms with Crippen molar-refractivity contribution in [3.63, 3.8) is 0 Å². The van der Waals surface area contributed by atoms with Gasteiger partial charge in [-0.25, -0.2) is 4.98 Å². The Kier molecular flexibility index (Phi) is 3.33. The number of anilines is 1. The Balaban J connectivity index is 1.92. The highest BCUT2D eigenvalue weighted by molar-refractivity contribution is 5.47. The number of hydrogen-bond donors (Lipinski definition) is 1. The van der Waals surface area contributed by atoms with Crippen LogP contribution in [-0.2, 0) is 0 Å². The van der Waals surface area contributed by atoms with Crippen LogP contribution in [0.25, 0.3) is 5.78 Å². The molecule has 1 fully saturated rings. The van der Waals surface area contributed by atoms with Crippen LogP contribution in [0.5, 0.6) is 0 Å². The third-order valence-electron chi connectivity index (χ3n) is 3.74. The molecule has 6 nitrogen and oxygen atoms in total. The van der Waals surface area contributed by atoms with E-state index in [0.717, 1.165) is 37.4 Å². The van der Waals surface area contributed by atoms with Crippen molar-refractivity contribution < 1.29 is 5.11 Å². The maximum Gasteiger partial charge on any atom is 0.254 e. The first-order valence-corrected chi connectivity index (χ1v) is 6.81. The molecule has 1 atom stereocenters. The van der Waals surface area contributed by atoms with E-state index in [9.17, 15) is 0 Å². The zero-order chi connectivity index (χ0) is 13.2. The second kappa shape index (κ2) is 5.13. The van der Waals surface area contributed by atoms with E-state index < -0.39 is 0 Å². The van der Waals surface area contributed by atoms with Crippen molar-refractivity contribution in [2.75, 3.05) is 24.6 Å². The van der Waals surface area contributed by atoms with Crippen molar-refractivity contribution in [1.82, 2.24) is 19.6 Å². The van der Waals surface area contributed by atoms with Gasteiger partial charge in [0.15, 0.2) is 0 Å². The molecule has 0 amide bonds. The molecular weight excluding hydrogens is 242 g/mol. The molecule has 2 aromatic rings. The van der Waals surface area contributed by atoms with Crippen LogP contribution in [0, 0.1) is 12.8 Å². The van der Waals surface area contributed by atoms with Crippen LogP contribution in [0.4, 0.5) is 5.82 Å². The summed E-state index contributed by atoms with van der Waals surface area (Å²) in [5, 5.41) is 13.4. The van der Waals surface area contributed by atoms with E-state index in [1.54, 1.807) is 10.8 Å². The zero-order valence-corrected chi connectivity index (χ0v) is 11.2. The highest BCUT2D eigenvalue weighted by Gasteiger charge is 2.22. The quantitative estimate of drug-likeness (QED) is 0.894. The first-order chi connectivity index (χ1) is 9.28. The maximum absolute atomic E-state index is 9.10. The number of aromatic nitrogens is 4. The van der Waals surface area contributed by atoms with Gasteiger partial charge >= 0.3 is 0 Å². The van der Waals surface area contributed by atoms with E-state index in [-0.39, 0.29) is 6.61 Å². The van der Waals surface area contributed by atoms with Crippen LogP contribution < -0.4 is 4.90 Å². The van der Waals surface area contributed by atoms with Gasteiger partial charge in [0, 0.05) is 31.5 Å². The van der Waals surface area contributed by atoms with Gasteiger partial charge in [-0.3, -0.25) is 0 Å². The molecule has 0 bridgehead atoms. The van der Waals surface area contributed by atoms with Gasteiger partial charge in [0.05, 0.1) is 0 Å². The Hall–Kier alpha value is -1.69. The lowest BCUT2D eigenvalue weighted by Crippen LogP contribution is -2.37. The lowest BCUT2D eigenvalue weighted by Gasteiger charge is -2.34. The SMILES string of the molecule is Cc1cc(N2CCCC(CCO)C2)n2ncnc2n1. The molecule has 1 saturated heterocycles. The fourth-order valence-electron chi connectivity index (χ4n) is 2.83. The van der Waals surface area contributed by atoms with Gasteiger partial charge in [-0.1, -0.05) is 0 Å². The van der Waals surface area contributed by atoms with E-state index in [1.807, 2.05) is 6.92 Å². The normalized spacial score (nSPS) is 20.1. The van der Waals surface area contributed by atoms with Crippen molar-refractivity contribution in [1.29, 1.82) is 0 Å². The lowest BCUT2D eigenvalue weighted by molar-refractivity contribution is 0.244. The minimum Gasteiger partial charge on any atom is -0.396 e. The molecule has 1 unspecified atom stereocenters. The number of nitrogens with zero attached hydrogens (tertiary/aromatic N) is 5. The molecular formula is C13H19N5O. The van der Waals surface area contributed by atoms with Crippen LogP contribution in [0.2, 0.25) is 0 Å². The van der Waals surface area contributed by atoms with E-state index >= 15 is 0 Å². The van der Waals surface area contributed by atoms with Crippen LogP contribution in [-0.4, -0.2) is 44.4 Å². The number of piperidine rings is 1. The van der Waals surface area contributed by atoms with Crippen LogP contribution in [0.15, 0.2) is 12.4 Å². The first kappa shape index (κ1) is 12.3. The van der Waals surface area contributed by atoms with Gasteiger partial charge in [0.2, 0.25) is 0 Å². The summed E-state index contributed by atoms with van der Waals surface area (Å²) < 4.78 is 1.80. The molecule has 19 heavy (non-hydrogen) atoms. The van der Waals surface area contributed by atoms with Gasteiger partial charge in [-0.2, -0.15) is 14.6 Å². The van der Waals surface area contributed by atoms with Crippen molar-refractivity contribution in [3.05, 3.63) is 18.1 Å². The number of aliphatic hydroxyl groups excluding tert-OH is 1. The van der Waals surface area contributed by atoms with Gasteiger partial charge in [0.1, 0.15) is 12.1 Å². The molecule has 0 radical (unpaired) electrons. The molecule has 6 heteroatoms. The highest BCUT2D eigenvalue weighted by atomic mass is 16.3. The molecule has 0 aliphatic carbocycles. The summed E-state index contributed by atoms with van der Waals surface area (Å²) in [6.07, 6.45) is 4.77. The number of hydrogen-bond acceptors (Lipinski definition) is 5. The topological polar surface area (TPSA) is 66.5 Å². The molecule has 3 heterocycles. The summed E-state index contributed by atoms with van der Waals surface area (Å²) in [7, 11) is 0. The Bertz CT molecular complexity index is 565. The third kappa shape index (κ3) is 2.40. The predicted molar refractivity (Wildman–Crippen MR) is 72.2 cm³/mol. The second-order valence-corrected chi connectivity index (χ2v) is 5.19. The summed E-state index contributed by atoms with van der Waals surface area (Å²) >= 11 is 0. The molecule has 1 aliphatic rings. The molecule has 102 valence electrons. The molecule has 0 aromatic carbocycles. The van der Waals surface area contributed by atoms with Crippen molar-refractivity contribution in [3.8, 4) is 0 Å². The third-order valence-corrected chi connectivity index (χ3v) is 3.74. The Morgan fingerprint density at radius 1 is 1.47 bits per heavy atom. The van der Waals surface area contributed by atoms with Crippen molar-refractivity contribution in [2.24, 2.45) is 5.92 Å². The fraction of sp³-hybridized carbons (Fsp3) is 0.615. The number of fused-ring (bicyclic) bond motifs is 1. The molecule has 1 aliphatic heterocycles.